The SMILES string of the molecule is COc1cccc(Nc2nnc(SCC(=O)c3cc(C)n(C[C@H]4CCCO4)c3C)s2)c1. The molecule has 1 atom stereocenters. The first kappa shape index (κ1) is 21.9. The Morgan fingerprint density at radius 2 is 2.23 bits per heavy atom. The Hall–Kier alpha value is -2.36. The molecule has 0 bridgehead atoms. The molecular weight excluding hydrogens is 432 g/mol. The number of thioether (sulfide) groups is 1. The van der Waals surface area contributed by atoms with E-state index in [1.807, 2.05) is 44.2 Å². The molecule has 164 valence electrons. The van der Waals surface area contributed by atoms with E-state index in [1.165, 1.54) is 23.1 Å². The fourth-order valence-electron chi connectivity index (χ4n) is 3.70. The van der Waals surface area contributed by atoms with Gasteiger partial charge in [-0.05, 0) is 44.9 Å². The minimum absolute atomic E-state index is 0.106. The minimum Gasteiger partial charge on any atom is -0.497 e. The minimum atomic E-state index is 0.106. The highest BCUT2D eigenvalue weighted by atomic mass is 32.2. The number of nitrogens with one attached hydrogen (secondary N) is 1. The van der Waals surface area contributed by atoms with Crippen LogP contribution in [0.4, 0.5) is 10.8 Å². The second-order valence-corrected chi connectivity index (χ2v) is 9.67. The highest BCUT2D eigenvalue weighted by Crippen LogP contribution is 2.30. The lowest BCUT2D eigenvalue weighted by Crippen LogP contribution is -2.17. The average molecular weight is 459 g/mol. The Bertz CT molecular complexity index is 1060. The van der Waals surface area contributed by atoms with E-state index in [2.05, 4.69) is 20.1 Å². The quantitative estimate of drug-likeness (QED) is 0.362. The van der Waals surface area contributed by atoms with E-state index in [4.69, 9.17) is 9.47 Å². The number of carbonyl (C=O) groups excluding carboxylic acids is 1. The number of Topliss-reactive ketones (excluding diaryl/α,β-unsaturated/α-hetero) is 1. The van der Waals surface area contributed by atoms with Crippen LogP contribution >= 0.6 is 23.1 Å². The van der Waals surface area contributed by atoms with Gasteiger partial charge in [0, 0.05) is 41.9 Å². The molecule has 9 heteroatoms. The van der Waals surface area contributed by atoms with Gasteiger partial charge in [-0.2, -0.15) is 0 Å². The first-order valence-electron chi connectivity index (χ1n) is 10.2. The zero-order valence-electron chi connectivity index (χ0n) is 17.9. The Morgan fingerprint density at radius 3 is 3.00 bits per heavy atom. The zero-order valence-corrected chi connectivity index (χ0v) is 19.5. The van der Waals surface area contributed by atoms with Crippen LogP contribution < -0.4 is 10.1 Å². The number of aromatic nitrogens is 3. The van der Waals surface area contributed by atoms with Crippen LogP contribution in [-0.4, -0.2) is 46.1 Å². The Kier molecular flexibility index (Phi) is 6.94. The predicted octanol–water partition coefficient (Wildman–Crippen LogP) is 4.86. The van der Waals surface area contributed by atoms with Gasteiger partial charge >= 0.3 is 0 Å². The van der Waals surface area contributed by atoms with Gasteiger partial charge in [-0.1, -0.05) is 29.2 Å². The van der Waals surface area contributed by atoms with Crippen molar-refractivity contribution in [2.45, 2.75) is 43.7 Å². The molecular formula is C22H26N4O3S2. The maximum absolute atomic E-state index is 12.9. The molecule has 1 aromatic carbocycles. The summed E-state index contributed by atoms with van der Waals surface area (Å²) in [5.74, 6) is 1.21. The van der Waals surface area contributed by atoms with Crippen LogP contribution in [0, 0.1) is 13.8 Å². The molecule has 0 amide bonds. The van der Waals surface area contributed by atoms with Crippen molar-refractivity contribution in [1.29, 1.82) is 0 Å². The molecule has 7 nitrogen and oxygen atoms in total. The third-order valence-corrected chi connectivity index (χ3v) is 7.31. The number of ketones is 1. The molecule has 0 spiro atoms. The normalized spacial score (nSPS) is 15.9. The maximum Gasteiger partial charge on any atom is 0.210 e. The fourth-order valence-corrected chi connectivity index (χ4v) is 5.36. The van der Waals surface area contributed by atoms with Gasteiger partial charge in [-0.3, -0.25) is 4.79 Å². The number of hydrogen-bond acceptors (Lipinski definition) is 8. The van der Waals surface area contributed by atoms with Crippen molar-refractivity contribution in [3.63, 3.8) is 0 Å². The zero-order chi connectivity index (χ0) is 21.8. The Morgan fingerprint density at radius 1 is 1.35 bits per heavy atom. The second kappa shape index (κ2) is 9.84. The number of hydrogen-bond donors (Lipinski definition) is 1. The fraction of sp³-hybridized carbons (Fsp3) is 0.409. The van der Waals surface area contributed by atoms with E-state index in [0.29, 0.717) is 10.9 Å². The molecule has 0 aliphatic carbocycles. The summed E-state index contributed by atoms with van der Waals surface area (Å²) in [5.41, 5.74) is 3.77. The summed E-state index contributed by atoms with van der Waals surface area (Å²) in [7, 11) is 1.63. The van der Waals surface area contributed by atoms with E-state index in [-0.39, 0.29) is 11.9 Å². The highest BCUT2D eigenvalue weighted by molar-refractivity contribution is 8.01. The number of carbonyl (C=O) groups is 1. The van der Waals surface area contributed by atoms with Crippen molar-refractivity contribution >= 4 is 39.7 Å². The number of benzene rings is 1. The first-order valence-corrected chi connectivity index (χ1v) is 12.0. The molecule has 1 saturated heterocycles. The number of rotatable bonds is 9. The first-order chi connectivity index (χ1) is 15.0. The third kappa shape index (κ3) is 5.28. The van der Waals surface area contributed by atoms with Crippen LogP contribution in [0.25, 0.3) is 0 Å². The third-order valence-electron chi connectivity index (χ3n) is 5.34. The average Bonchev–Trinajstić information content (AvgIpc) is 3.50. The maximum atomic E-state index is 12.9. The van der Waals surface area contributed by atoms with Gasteiger partial charge in [0.2, 0.25) is 5.13 Å². The van der Waals surface area contributed by atoms with Crippen LogP contribution in [0.2, 0.25) is 0 Å². The van der Waals surface area contributed by atoms with Gasteiger partial charge in [0.15, 0.2) is 10.1 Å². The number of aryl methyl sites for hydroxylation is 1. The molecule has 1 aliphatic heterocycles. The van der Waals surface area contributed by atoms with E-state index >= 15 is 0 Å². The second-order valence-electron chi connectivity index (χ2n) is 7.47. The summed E-state index contributed by atoms with van der Waals surface area (Å²) in [5, 5.41) is 12.3. The summed E-state index contributed by atoms with van der Waals surface area (Å²) < 4.78 is 14.0. The molecule has 0 unspecified atom stereocenters. The van der Waals surface area contributed by atoms with Gasteiger partial charge in [0.1, 0.15) is 5.75 Å². The summed E-state index contributed by atoms with van der Waals surface area (Å²) in [6.07, 6.45) is 2.45. The van der Waals surface area contributed by atoms with Crippen LogP contribution in [-0.2, 0) is 11.3 Å². The van der Waals surface area contributed by atoms with Crippen molar-refractivity contribution in [2.75, 3.05) is 24.8 Å². The lowest BCUT2D eigenvalue weighted by Gasteiger charge is -2.14. The van der Waals surface area contributed by atoms with Gasteiger partial charge in [-0.25, -0.2) is 0 Å². The number of methoxy groups -OCH3 is 1. The van der Waals surface area contributed by atoms with Crippen molar-refractivity contribution in [2.24, 2.45) is 0 Å². The van der Waals surface area contributed by atoms with Crippen molar-refractivity contribution in [3.8, 4) is 5.75 Å². The molecule has 2 aromatic heterocycles. The van der Waals surface area contributed by atoms with Crippen LogP contribution in [0.15, 0.2) is 34.7 Å². The molecule has 1 fully saturated rings. The Labute approximate surface area is 190 Å². The molecule has 1 aliphatic rings. The topological polar surface area (TPSA) is 78.3 Å². The molecule has 1 N–H and O–H groups in total. The lowest BCUT2D eigenvalue weighted by molar-refractivity contribution is 0.0957. The van der Waals surface area contributed by atoms with Gasteiger partial charge in [0.25, 0.3) is 0 Å². The van der Waals surface area contributed by atoms with Gasteiger partial charge < -0.3 is 19.4 Å². The van der Waals surface area contributed by atoms with Gasteiger partial charge in [0.05, 0.1) is 19.0 Å². The van der Waals surface area contributed by atoms with Gasteiger partial charge in [-0.15, -0.1) is 10.2 Å². The smallest absolute Gasteiger partial charge is 0.210 e. The molecule has 3 aromatic rings. The molecule has 0 radical (unpaired) electrons. The highest BCUT2D eigenvalue weighted by Gasteiger charge is 2.21. The van der Waals surface area contributed by atoms with E-state index in [9.17, 15) is 4.79 Å². The monoisotopic (exact) mass is 458 g/mol. The number of nitrogens with zero attached hydrogens (tertiary/aromatic N) is 3. The lowest BCUT2D eigenvalue weighted by atomic mass is 10.2. The summed E-state index contributed by atoms with van der Waals surface area (Å²) in [4.78, 5) is 12.9. The largest absolute Gasteiger partial charge is 0.497 e. The van der Waals surface area contributed by atoms with Crippen molar-refractivity contribution in [3.05, 3.63) is 47.3 Å². The number of ether oxygens (including phenoxy) is 2. The van der Waals surface area contributed by atoms with Crippen LogP contribution in [0.3, 0.4) is 0 Å². The summed E-state index contributed by atoms with van der Waals surface area (Å²) in [6, 6.07) is 9.61. The van der Waals surface area contributed by atoms with Crippen molar-refractivity contribution in [1.82, 2.24) is 14.8 Å². The van der Waals surface area contributed by atoms with Crippen LogP contribution in [0.1, 0.15) is 34.6 Å². The predicted molar refractivity (Wildman–Crippen MR) is 124 cm³/mol. The van der Waals surface area contributed by atoms with Crippen LogP contribution in [0.5, 0.6) is 5.75 Å². The number of anilines is 2. The Balaban J connectivity index is 1.36. The molecule has 3 heterocycles. The molecule has 31 heavy (non-hydrogen) atoms. The van der Waals surface area contributed by atoms with E-state index < -0.39 is 0 Å². The van der Waals surface area contributed by atoms with E-state index in [1.54, 1.807) is 7.11 Å². The van der Waals surface area contributed by atoms with E-state index in [0.717, 1.165) is 58.7 Å². The molecule has 4 rings (SSSR count). The molecule has 0 saturated carbocycles. The summed E-state index contributed by atoms with van der Waals surface area (Å²) >= 11 is 2.84. The van der Waals surface area contributed by atoms with Crippen molar-refractivity contribution < 1.29 is 14.3 Å². The summed E-state index contributed by atoms with van der Waals surface area (Å²) in [6.45, 7) is 5.71. The standard InChI is InChI=1S/C22H26N4O3S2/c1-14-10-19(15(2)26(14)12-18-8-5-9-29-18)20(27)13-30-22-25-24-21(31-22)23-16-6-4-7-17(11-16)28-3/h4,6-7,10-11,18H,5,8-9,12-13H2,1-3H3,(H,23,24)/t18-/m1/s1.